The van der Waals surface area contributed by atoms with Gasteiger partial charge in [-0.15, -0.1) is 0 Å². The fourth-order valence-electron chi connectivity index (χ4n) is 3.05. The fraction of sp³-hybridized carbons (Fsp3) is 0.154. The van der Waals surface area contributed by atoms with Gasteiger partial charge in [0.15, 0.2) is 23.3 Å². The van der Waals surface area contributed by atoms with Crippen LogP contribution in [0.1, 0.15) is 48.6 Å². The molecule has 3 aromatic carbocycles. The molecule has 0 aliphatic rings. The zero-order valence-electron chi connectivity index (χ0n) is 17.9. The lowest BCUT2D eigenvalue weighted by Crippen LogP contribution is -2.10. The van der Waals surface area contributed by atoms with Crippen LogP contribution in [0.5, 0.6) is 0 Å². The molecule has 0 atom stereocenters. The van der Waals surface area contributed by atoms with Gasteiger partial charge >= 0.3 is 0 Å². The monoisotopic (exact) mass is 464 g/mol. The zero-order chi connectivity index (χ0) is 24.5. The Hall–Kier alpha value is -3.35. The summed E-state index contributed by atoms with van der Waals surface area (Å²) < 4.78 is 96.1. The molecule has 0 aromatic heterocycles. The third-order valence-electron chi connectivity index (χ3n) is 5.02. The van der Waals surface area contributed by atoms with Gasteiger partial charge in [-0.2, -0.15) is 0 Å². The topological polar surface area (TPSA) is 0 Å². The molecule has 0 heterocycles. The van der Waals surface area contributed by atoms with Gasteiger partial charge in [-0.1, -0.05) is 63.3 Å². The predicted molar refractivity (Wildman–Crippen MR) is 116 cm³/mol. The van der Waals surface area contributed by atoms with E-state index in [-0.39, 0.29) is 11.0 Å². The molecule has 172 valence electrons. The Balaban J connectivity index is 1.88. The van der Waals surface area contributed by atoms with Gasteiger partial charge in [0.05, 0.1) is 5.56 Å². The highest BCUT2D eigenvalue weighted by Crippen LogP contribution is 2.26. The van der Waals surface area contributed by atoms with Crippen molar-refractivity contribution in [3.05, 3.63) is 105 Å². The summed E-state index contributed by atoms with van der Waals surface area (Å²) in [6.45, 7) is 6.20. The summed E-state index contributed by atoms with van der Waals surface area (Å²) in [5.41, 5.74) is 0.0793. The molecule has 0 saturated carbocycles. The van der Waals surface area contributed by atoms with Crippen LogP contribution in [-0.4, -0.2) is 0 Å². The maximum absolute atomic E-state index is 14.4. The summed E-state index contributed by atoms with van der Waals surface area (Å²) in [4.78, 5) is 0. The van der Waals surface area contributed by atoms with Gasteiger partial charge in [-0.3, -0.25) is 0 Å². The van der Waals surface area contributed by atoms with Crippen molar-refractivity contribution in [3.8, 4) is 0 Å². The molecule has 0 aliphatic heterocycles. The molecule has 0 fully saturated rings. The van der Waals surface area contributed by atoms with Crippen LogP contribution >= 0.6 is 0 Å². The Morgan fingerprint density at radius 2 is 0.970 bits per heavy atom. The standard InChI is InChI=1S/C26H19F7/c1-26(2,3)17-9-5-14(6-10-17)4-7-15-12-20(28)16(13-19(15)27)8-11-18-21(29)23(31)25(33)24(32)22(18)30/h4-13H,1-3H3/b7-4+,11-8+. The van der Waals surface area contributed by atoms with Gasteiger partial charge in [-0.05, 0) is 34.8 Å². The van der Waals surface area contributed by atoms with Crippen LogP contribution in [0.4, 0.5) is 30.7 Å². The molecule has 0 nitrogen and oxygen atoms in total. The fourth-order valence-corrected chi connectivity index (χ4v) is 3.05. The molecule has 0 unspecified atom stereocenters. The molecule has 7 heteroatoms. The van der Waals surface area contributed by atoms with Gasteiger partial charge in [0.25, 0.3) is 0 Å². The van der Waals surface area contributed by atoms with E-state index < -0.39 is 51.8 Å². The first-order valence-corrected chi connectivity index (χ1v) is 9.87. The Labute approximate surface area is 186 Å². The van der Waals surface area contributed by atoms with Crippen molar-refractivity contribution in [2.75, 3.05) is 0 Å². The van der Waals surface area contributed by atoms with Gasteiger partial charge in [0.2, 0.25) is 5.82 Å². The average molecular weight is 464 g/mol. The minimum absolute atomic E-state index is 0.0297. The first kappa shape index (κ1) is 24.3. The summed E-state index contributed by atoms with van der Waals surface area (Å²) >= 11 is 0. The van der Waals surface area contributed by atoms with Crippen molar-refractivity contribution in [1.82, 2.24) is 0 Å². The molecule has 0 amide bonds. The molecule has 0 radical (unpaired) electrons. The van der Waals surface area contributed by atoms with E-state index in [1.165, 1.54) is 6.08 Å². The van der Waals surface area contributed by atoms with Crippen molar-refractivity contribution >= 4 is 24.3 Å². The molecule has 0 spiro atoms. The molecule has 33 heavy (non-hydrogen) atoms. The number of rotatable bonds is 4. The number of halogens is 7. The number of hydrogen-bond donors (Lipinski definition) is 0. The summed E-state index contributed by atoms with van der Waals surface area (Å²) in [5, 5.41) is 0. The highest BCUT2D eigenvalue weighted by atomic mass is 19.2. The zero-order valence-corrected chi connectivity index (χ0v) is 17.9. The van der Waals surface area contributed by atoms with Crippen LogP contribution in [0.2, 0.25) is 0 Å². The highest BCUT2D eigenvalue weighted by molar-refractivity contribution is 5.74. The van der Waals surface area contributed by atoms with Crippen molar-refractivity contribution < 1.29 is 30.7 Å². The van der Waals surface area contributed by atoms with Crippen LogP contribution in [0, 0.1) is 40.7 Å². The van der Waals surface area contributed by atoms with Crippen molar-refractivity contribution in [2.24, 2.45) is 0 Å². The third kappa shape index (κ3) is 5.18. The molecular formula is C26H19F7. The third-order valence-corrected chi connectivity index (χ3v) is 5.02. The summed E-state index contributed by atoms with van der Waals surface area (Å²) in [6, 6.07) is 9.18. The Kier molecular flexibility index (Phi) is 6.81. The lowest BCUT2D eigenvalue weighted by molar-refractivity contribution is 0.377. The Bertz CT molecular complexity index is 1220. The van der Waals surface area contributed by atoms with Gasteiger partial charge in [0, 0.05) is 11.1 Å². The minimum Gasteiger partial charge on any atom is -0.206 e. The summed E-state index contributed by atoms with van der Waals surface area (Å²) in [7, 11) is 0. The lowest BCUT2D eigenvalue weighted by Gasteiger charge is -2.18. The Morgan fingerprint density at radius 1 is 0.545 bits per heavy atom. The predicted octanol–water partition coefficient (Wildman–Crippen LogP) is 8.30. The second-order valence-corrected chi connectivity index (χ2v) is 8.42. The van der Waals surface area contributed by atoms with E-state index in [1.807, 2.05) is 24.3 Å². The second-order valence-electron chi connectivity index (χ2n) is 8.42. The molecule has 3 rings (SSSR count). The van der Waals surface area contributed by atoms with Crippen LogP contribution < -0.4 is 0 Å². The average Bonchev–Trinajstić information content (AvgIpc) is 2.77. The number of hydrogen-bond acceptors (Lipinski definition) is 0. The molecule has 0 bridgehead atoms. The molecule has 3 aromatic rings. The quantitative estimate of drug-likeness (QED) is 0.158. The summed E-state index contributed by atoms with van der Waals surface area (Å²) in [6.07, 6.45) is 4.19. The van der Waals surface area contributed by atoms with E-state index in [2.05, 4.69) is 20.8 Å². The van der Waals surface area contributed by atoms with E-state index in [1.54, 1.807) is 6.08 Å². The van der Waals surface area contributed by atoms with Gasteiger partial charge in [0.1, 0.15) is 11.6 Å². The second kappa shape index (κ2) is 9.25. The van der Waals surface area contributed by atoms with Crippen LogP contribution in [0.25, 0.3) is 24.3 Å². The first-order valence-electron chi connectivity index (χ1n) is 9.87. The van der Waals surface area contributed by atoms with E-state index in [0.717, 1.165) is 29.3 Å². The van der Waals surface area contributed by atoms with E-state index in [9.17, 15) is 30.7 Å². The van der Waals surface area contributed by atoms with E-state index in [0.29, 0.717) is 6.08 Å². The summed E-state index contributed by atoms with van der Waals surface area (Å²) in [5.74, 6) is -12.5. The first-order chi connectivity index (χ1) is 15.4. The highest BCUT2D eigenvalue weighted by Gasteiger charge is 2.24. The van der Waals surface area contributed by atoms with Crippen LogP contribution in [-0.2, 0) is 5.41 Å². The molecule has 0 aliphatic carbocycles. The van der Waals surface area contributed by atoms with E-state index >= 15 is 0 Å². The van der Waals surface area contributed by atoms with Crippen molar-refractivity contribution in [2.45, 2.75) is 26.2 Å². The van der Waals surface area contributed by atoms with Crippen LogP contribution in [0.3, 0.4) is 0 Å². The molecular weight excluding hydrogens is 445 g/mol. The van der Waals surface area contributed by atoms with Gasteiger partial charge < -0.3 is 0 Å². The lowest BCUT2D eigenvalue weighted by atomic mass is 9.87. The molecule has 0 N–H and O–H groups in total. The SMILES string of the molecule is CC(C)(C)c1ccc(/C=C/c2cc(F)c(/C=C/c3c(F)c(F)c(F)c(F)c3F)cc2F)cc1. The maximum atomic E-state index is 14.4. The Morgan fingerprint density at radius 3 is 1.42 bits per heavy atom. The normalized spacial score (nSPS) is 12.3. The van der Waals surface area contributed by atoms with Gasteiger partial charge in [-0.25, -0.2) is 30.7 Å². The van der Waals surface area contributed by atoms with Crippen molar-refractivity contribution in [1.29, 1.82) is 0 Å². The number of benzene rings is 3. The minimum atomic E-state index is -2.30. The van der Waals surface area contributed by atoms with Crippen LogP contribution in [0.15, 0.2) is 36.4 Å². The largest absolute Gasteiger partial charge is 0.206 e. The molecule has 0 saturated heterocycles. The smallest absolute Gasteiger partial charge is 0.200 e. The maximum Gasteiger partial charge on any atom is 0.200 e. The van der Waals surface area contributed by atoms with E-state index in [4.69, 9.17) is 0 Å². The van der Waals surface area contributed by atoms with Crippen molar-refractivity contribution in [3.63, 3.8) is 0 Å².